The van der Waals surface area contributed by atoms with Gasteiger partial charge in [0.05, 0.1) is 6.07 Å². The highest BCUT2D eigenvalue weighted by atomic mass is 16.5. The molecule has 1 aromatic rings. The van der Waals surface area contributed by atoms with E-state index in [1.807, 2.05) is 39.0 Å². The SMILES string of the molecule is CNC(C)(C#N)COc1c(C)cccc1C. The Balaban J connectivity index is 2.80. The molecule has 1 atom stereocenters. The molecule has 0 radical (unpaired) electrons. The Labute approximate surface area is 97.0 Å². The Morgan fingerprint density at radius 1 is 1.38 bits per heavy atom. The zero-order valence-corrected chi connectivity index (χ0v) is 10.3. The molecular formula is C13H18N2O. The molecule has 0 saturated heterocycles. The monoisotopic (exact) mass is 218 g/mol. The number of benzene rings is 1. The minimum atomic E-state index is -0.644. The van der Waals surface area contributed by atoms with Crippen LogP contribution in [-0.4, -0.2) is 19.2 Å². The van der Waals surface area contributed by atoms with Crippen molar-refractivity contribution in [2.75, 3.05) is 13.7 Å². The molecule has 0 aliphatic carbocycles. The van der Waals surface area contributed by atoms with Crippen LogP contribution >= 0.6 is 0 Å². The van der Waals surface area contributed by atoms with Gasteiger partial charge in [0.25, 0.3) is 0 Å². The van der Waals surface area contributed by atoms with E-state index >= 15 is 0 Å². The quantitative estimate of drug-likeness (QED) is 0.842. The first-order chi connectivity index (χ1) is 7.52. The van der Waals surface area contributed by atoms with Crippen LogP contribution < -0.4 is 10.1 Å². The topological polar surface area (TPSA) is 45.0 Å². The second kappa shape index (κ2) is 5.00. The van der Waals surface area contributed by atoms with Crippen LogP contribution in [0.25, 0.3) is 0 Å². The van der Waals surface area contributed by atoms with E-state index in [-0.39, 0.29) is 0 Å². The number of hydrogen-bond acceptors (Lipinski definition) is 3. The maximum Gasteiger partial charge on any atom is 0.137 e. The van der Waals surface area contributed by atoms with Crippen LogP contribution in [0.1, 0.15) is 18.1 Å². The van der Waals surface area contributed by atoms with Crippen molar-refractivity contribution in [1.29, 1.82) is 5.26 Å². The fourth-order valence-electron chi connectivity index (χ4n) is 1.40. The van der Waals surface area contributed by atoms with Crippen LogP contribution in [0.4, 0.5) is 0 Å². The first-order valence-electron chi connectivity index (χ1n) is 5.31. The van der Waals surface area contributed by atoms with Gasteiger partial charge in [-0.3, -0.25) is 5.32 Å². The number of nitrogens with zero attached hydrogens (tertiary/aromatic N) is 1. The minimum Gasteiger partial charge on any atom is -0.490 e. The number of nitrogens with one attached hydrogen (secondary N) is 1. The molecule has 1 unspecified atom stereocenters. The highest BCUT2D eigenvalue weighted by Gasteiger charge is 2.22. The van der Waals surface area contributed by atoms with Crippen molar-refractivity contribution in [1.82, 2.24) is 5.32 Å². The van der Waals surface area contributed by atoms with Gasteiger partial charge < -0.3 is 4.74 Å². The fraction of sp³-hybridized carbons (Fsp3) is 0.462. The number of ether oxygens (including phenoxy) is 1. The van der Waals surface area contributed by atoms with Gasteiger partial charge >= 0.3 is 0 Å². The van der Waals surface area contributed by atoms with E-state index in [9.17, 15) is 0 Å². The molecule has 0 spiro atoms. The van der Waals surface area contributed by atoms with Crippen molar-refractivity contribution in [3.63, 3.8) is 0 Å². The third kappa shape index (κ3) is 2.74. The van der Waals surface area contributed by atoms with Gasteiger partial charge in [-0.05, 0) is 38.9 Å². The largest absolute Gasteiger partial charge is 0.490 e. The zero-order valence-electron chi connectivity index (χ0n) is 10.3. The molecule has 3 heteroatoms. The van der Waals surface area contributed by atoms with E-state index in [4.69, 9.17) is 10.00 Å². The van der Waals surface area contributed by atoms with E-state index in [1.54, 1.807) is 7.05 Å². The van der Waals surface area contributed by atoms with Crippen LogP contribution in [0.2, 0.25) is 0 Å². The standard InChI is InChI=1S/C13H18N2O/c1-10-6-5-7-11(2)12(10)16-9-13(3,8-14)15-4/h5-7,15H,9H2,1-4H3. The summed E-state index contributed by atoms with van der Waals surface area (Å²) >= 11 is 0. The number of hydrogen-bond donors (Lipinski definition) is 1. The van der Waals surface area contributed by atoms with Gasteiger partial charge in [-0.1, -0.05) is 18.2 Å². The average molecular weight is 218 g/mol. The second-order valence-electron chi connectivity index (χ2n) is 4.20. The molecule has 0 aliphatic rings. The molecule has 3 nitrogen and oxygen atoms in total. The lowest BCUT2D eigenvalue weighted by atomic mass is 10.1. The summed E-state index contributed by atoms with van der Waals surface area (Å²) in [6, 6.07) is 8.21. The maximum atomic E-state index is 9.01. The summed E-state index contributed by atoms with van der Waals surface area (Å²) < 4.78 is 5.73. The Kier molecular flexibility index (Phi) is 3.92. The van der Waals surface area contributed by atoms with Gasteiger partial charge in [0.15, 0.2) is 0 Å². The van der Waals surface area contributed by atoms with Gasteiger partial charge in [0, 0.05) is 0 Å². The normalized spacial score (nSPS) is 13.9. The molecule has 0 bridgehead atoms. The van der Waals surface area contributed by atoms with Crippen molar-refractivity contribution >= 4 is 0 Å². The number of nitriles is 1. The number of rotatable bonds is 4. The molecule has 0 saturated carbocycles. The summed E-state index contributed by atoms with van der Waals surface area (Å²) in [5.41, 5.74) is 1.54. The number of para-hydroxylation sites is 1. The Bertz CT molecular complexity index is 389. The van der Waals surface area contributed by atoms with Crippen molar-refractivity contribution in [3.8, 4) is 11.8 Å². The molecule has 86 valence electrons. The van der Waals surface area contributed by atoms with Gasteiger partial charge in [-0.2, -0.15) is 5.26 Å². The summed E-state index contributed by atoms with van der Waals surface area (Å²) in [7, 11) is 1.76. The molecule has 16 heavy (non-hydrogen) atoms. The van der Waals surface area contributed by atoms with E-state index in [1.165, 1.54) is 0 Å². The lowest BCUT2D eigenvalue weighted by Crippen LogP contribution is -2.43. The lowest BCUT2D eigenvalue weighted by Gasteiger charge is -2.22. The molecule has 0 heterocycles. The van der Waals surface area contributed by atoms with Crippen molar-refractivity contribution < 1.29 is 4.74 Å². The van der Waals surface area contributed by atoms with Crippen LogP contribution in [-0.2, 0) is 0 Å². The van der Waals surface area contributed by atoms with Crippen LogP contribution in [0.3, 0.4) is 0 Å². The average Bonchev–Trinajstić information content (AvgIpc) is 2.28. The van der Waals surface area contributed by atoms with E-state index in [0.29, 0.717) is 6.61 Å². The predicted octanol–water partition coefficient (Wildman–Crippen LogP) is 2.18. The maximum absolute atomic E-state index is 9.01. The van der Waals surface area contributed by atoms with Crippen LogP contribution in [0.5, 0.6) is 5.75 Å². The van der Waals surface area contributed by atoms with Gasteiger partial charge in [-0.25, -0.2) is 0 Å². The summed E-state index contributed by atoms with van der Waals surface area (Å²) in [6.07, 6.45) is 0. The van der Waals surface area contributed by atoms with Crippen molar-refractivity contribution in [2.24, 2.45) is 0 Å². The van der Waals surface area contributed by atoms with Crippen molar-refractivity contribution in [3.05, 3.63) is 29.3 Å². The Morgan fingerprint density at radius 3 is 2.38 bits per heavy atom. The summed E-state index contributed by atoms with van der Waals surface area (Å²) in [5, 5.41) is 12.0. The highest BCUT2D eigenvalue weighted by Crippen LogP contribution is 2.23. The first-order valence-corrected chi connectivity index (χ1v) is 5.31. The lowest BCUT2D eigenvalue weighted by molar-refractivity contribution is 0.239. The molecule has 0 aliphatic heterocycles. The van der Waals surface area contributed by atoms with E-state index in [0.717, 1.165) is 16.9 Å². The second-order valence-corrected chi connectivity index (χ2v) is 4.20. The summed E-state index contributed by atoms with van der Waals surface area (Å²) in [5.74, 6) is 0.874. The third-order valence-electron chi connectivity index (χ3n) is 2.71. The molecule has 1 aromatic carbocycles. The van der Waals surface area contributed by atoms with E-state index < -0.39 is 5.54 Å². The number of likely N-dealkylation sites (N-methyl/N-ethyl adjacent to an activating group) is 1. The van der Waals surface area contributed by atoms with Crippen molar-refractivity contribution in [2.45, 2.75) is 26.3 Å². The van der Waals surface area contributed by atoms with Gasteiger partial charge in [0.1, 0.15) is 17.9 Å². The molecule has 0 amide bonds. The minimum absolute atomic E-state index is 0.339. The molecule has 1 N–H and O–H groups in total. The Morgan fingerprint density at radius 2 is 1.94 bits per heavy atom. The van der Waals surface area contributed by atoms with Crippen LogP contribution in [0.15, 0.2) is 18.2 Å². The predicted molar refractivity (Wildman–Crippen MR) is 64.5 cm³/mol. The highest BCUT2D eigenvalue weighted by molar-refractivity contribution is 5.39. The van der Waals surface area contributed by atoms with Gasteiger partial charge in [-0.15, -0.1) is 0 Å². The van der Waals surface area contributed by atoms with E-state index in [2.05, 4.69) is 11.4 Å². The molecule has 0 aromatic heterocycles. The Hall–Kier alpha value is -1.53. The molecule has 0 fully saturated rings. The molecule has 1 rings (SSSR count). The zero-order chi connectivity index (χ0) is 12.2. The third-order valence-corrected chi connectivity index (χ3v) is 2.71. The summed E-state index contributed by atoms with van der Waals surface area (Å²) in [4.78, 5) is 0. The fourth-order valence-corrected chi connectivity index (χ4v) is 1.40. The van der Waals surface area contributed by atoms with Crippen LogP contribution in [0, 0.1) is 25.2 Å². The van der Waals surface area contributed by atoms with Gasteiger partial charge in [0.2, 0.25) is 0 Å². The molecular weight excluding hydrogens is 200 g/mol. The number of aryl methyl sites for hydroxylation is 2. The summed E-state index contributed by atoms with van der Waals surface area (Å²) in [6.45, 7) is 6.17. The smallest absolute Gasteiger partial charge is 0.137 e. The first kappa shape index (κ1) is 12.5.